The van der Waals surface area contributed by atoms with Crippen molar-refractivity contribution in [2.24, 2.45) is 0 Å². The van der Waals surface area contributed by atoms with Crippen molar-refractivity contribution in [3.05, 3.63) is 75.4 Å². The molecule has 1 amide bonds. The maximum atomic E-state index is 14.0. The third-order valence-electron chi connectivity index (χ3n) is 5.34. The summed E-state index contributed by atoms with van der Waals surface area (Å²) in [7, 11) is 5.43. The monoisotopic (exact) mass is 410 g/mol. The van der Waals surface area contributed by atoms with E-state index in [4.69, 9.17) is 9.15 Å². The van der Waals surface area contributed by atoms with Crippen molar-refractivity contribution in [3.8, 4) is 5.75 Å². The van der Waals surface area contributed by atoms with Gasteiger partial charge in [-0.15, -0.1) is 0 Å². The molecule has 4 rings (SSSR count). The highest BCUT2D eigenvalue weighted by molar-refractivity contribution is 5.99. The molecule has 1 atom stereocenters. The SMILES string of the molecule is COc1ccc2c(=O)c3c(oc2c1)C(=O)N(CCCN(C)C)[C@H]3c1cccc(F)c1. The Kier molecular flexibility index (Phi) is 5.30. The van der Waals surface area contributed by atoms with E-state index in [1.165, 1.54) is 19.2 Å². The highest BCUT2D eigenvalue weighted by atomic mass is 19.1. The number of halogens is 1. The third kappa shape index (κ3) is 3.45. The Balaban J connectivity index is 1.88. The van der Waals surface area contributed by atoms with Gasteiger partial charge in [0, 0.05) is 12.6 Å². The van der Waals surface area contributed by atoms with Gasteiger partial charge in [0.2, 0.25) is 5.76 Å². The summed E-state index contributed by atoms with van der Waals surface area (Å²) >= 11 is 0. The smallest absolute Gasteiger partial charge is 0.290 e. The number of rotatable bonds is 6. The standard InChI is InChI=1S/C23H23FN2O4/c1-25(2)10-5-11-26-20(14-6-4-7-15(24)12-14)19-21(27)17-9-8-16(29-3)13-18(17)30-22(19)23(26)28/h4,6-9,12-13,20H,5,10-11H2,1-3H3/t20-/m0/s1. The van der Waals surface area contributed by atoms with Gasteiger partial charge in [-0.2, -0.15) is 0 Å². The quantitative estimate of drug-likeness (QED) is 0.623. The summed E-state index contributed by atoms with van der Waals surface area (Å²) in [5.74, 6) is -0.239. The zero-order chi connectivity index (χ0) is 21.4. The van der Waals surface area contributed by atoms with Crippen LogP contribution < -0.4 is 10.2 Å². The van der Waals surface area contributed by atoms with Gasteiger partial charge >= 0.3 is 0 Å². The van der Waals surface area contributed by atoms with Crippen molar-refractivity contribution in [3.63, 3.8) is 0 Å². The molecule has 3 aromatic rings. The topological polar surface area (TPSA) is 63.0 Å². The molecule has 2 aromatic carbocycles. The summed E-state index contributed by atoms with van der Waals surface area (Å²) in [5.41, 5.74) is 0.812. The van der Waals surface area contributed by atoms with Crippen LogP contribution in [0.15, 0.2) is 51.7 Å². The first-order valence-corrected chi connectivity index (χ1v) is 9.76. The molecule has 1 aliphatic heterocycles. The van der Waals surface area contributed by atoms with E-state index in [9.17, 15) is 14.0 Å². The minimum Gasteiger partial charge on any atom is -0.497 e. The Labute approximate surface area is 173 Å². The first kappa shape index (κ1) is 20.1. The highest BCUT2D eigenvalue weighted by Crippen LogP contribution is 2.38. The number of carbonyl (C=O) groups excluding carboxylic acids is 1. The first-order valence-electron chi connectivity index (χ1n) is 9.76. The number of hydrogen-bond donors (Lipinski definition) is 0. The zero-order valence-corrected chi connectivity index (χ0v) is 17.1. The Morgan fingerprint density at radius 3 is 2.67 bits per heavy atom. The van der Waals surface area contributed by atoms with Crippen LogP contribution in [0.2, 0.25) is 0 Å². The van der Waals surface area contributed by atoms with Gasteiger partial charge in [-0.25, -0.2) is 4.39 Å². The molecule has 0 saturated carbocycles. The molecule has 1 aliphatic rings. The van der Waals surface area contributed by atoms with E-state index >= 15 is 0 Å². The largest absolute Gasteiger partial charge is 0.497 e. The molecular formula is C23H23FN2O4. The maximum Gasteiger partial charge on any atom is 0.290 e. The van der Waals surface area contributed by atoms with Gasteiger partial charge in [0.1, 0.15) is 17.1 Å². The fourth-order valence-corrected chi connectivity index (χ4v) is 3.94. The summed E-state index contributed by atoms with van der Waals surface area (Å²) in [5, 5.41) is 0.360. The van der Waals surface area contributed by atoms with E-state index < -0.39 is 11.9 Å². The van der Waals surface area contributed by atoms with Crippen LogP contribution in [-0.2, 0) is 0 Å². The molecule has 0 unspecified atom stereocenters. The van der Waals surface area contributed by atoms with Crippen LogP contribution in [0.25, 0.3) is 11.0 Å². The number of benzene rings is 2. The lowest BCUT2D eigenvalue weighted by molar-refractivity contribution is 0.0722. The maximum absolute atomic E-state index is 14.0. The number of methoxy groups -OCH3 is 1. The molecule has 1 aromatic heterocycles. The number of amides is 1. The average Bonchev–Trinajstić information content (AvgIpc) is 3.00. The van der Waals surface area contributed by atoms with Gasteiger partial charge in [0.05, 0.1) is 24.1 Å². The van der Waals surface area contributed by atoms with Gasteiger partial charge < -0.3 is 19.0 Å². The molecule has 6 nitrogen and oxygen atoms in total. The minimum absolute atomic E-state index is 0.0138. The van der Waals surface area contributed by atoms with Crippen molar-refractivity contribution in [1.82, 2.24) is 9.80 Å². The summed E-state index contributed by atoms with van der Waals surface area (Å²) < 4.78 is 25.1. The Morgan fingerprint density at radius 2 is 1.97 bits per heavy atom. The van der Waals surface area contributed by atoms with Gasteiger partial charge in [-0.05, 0) is 56.9 Å². The zero-order valence-electron chi connectivity index (χ0n) is 17.1. The second-order valence-electron chi connectivity index (χ2n) is 7.65. The first-order chi connectivity index (χ1) is 14.4. The van der Waals surface area contributed by atoms with Crippen LogP contribution in [0.1, 0.15) is 34.1 Å². The van der Waals surface area contributed by atoms with Crippen LogP contribution >= 0.6 is 0 Å². The summed E-state index contributed by atoms with van der Waals surface area (Å²) in [6, 6.07) is 10.2. The number of nitrogens with zero attached hydrogens (tertiary/aromatic N) is 2. The second kappa shape index (κ2) is 7.91. The van der Waals surface area contributed by atoms with Gasteiger partial charge in [0.15, 0.2) is 5.43 Å². The molecule has 156 valence electrons. The van der Waals surface area contributed by atoms with Crippen LogP contribution in [0.5, 0.6) is 5.75 Å². The average molecular weight is 410 g/mol. The van der Waals surface area contributed by atoms with Crippen molar-refractivity contribution in [1.29, 1.82) is 0 Å². The molecule has 0 saturated heterocycles. The van der Waals surface area contributed by atoms with Crippen LogP contribution in [0.4, 0.5) is 4.39 Å². The lowest BCUT2D eigenvalue weighted by atomic mass is 9.98. The van der Waals surface area contributed by atoms with E-state index in [2.05, 4.69) is 0 Å². The van der Waals surface area contributed by atoms with Crippen LogP contribution in [-0.4, -0.2) is 50.0 Å². The number of carbonyl (C=O) groups is 1. The summed E-state index contributed by atoms with van der Waals surface area (Å²) in [4.78, 5) is 30.3. The lowest BCUT2D eigenvalue weighted by Gasteiger charge is -2.25. The molecule has 7 heteroatoms. The molecule has 0 radical (unpaired) electrons. The van der Waals surface area contributed by atoms with Crippen molar-refractivity contribution in [2.75, 3.05) is 34.3 Å². The molecule has 2 heterocycles. The summed E-state index contributed by atoms with van der Waals surface area (Å²) in [6.07, 6.45) is 0.708. The highest BCUT2D eigenvalue weighted by Gasteiger charge is 2.42. The van der Waals surface area contributed by atoms with Crippen LogP contribution in [0, 0.1) is 5.82 Å². The van der Waals surface area contributed by atoms with Crippen molar-refractivity contribution >= 4 is 16.9 Å². The van der Waals surface area contributed by atoms with E-state index in [0.717, 1.165) is 6.54 Å². The Hall–Kier alpha value is -3.19. The van der Waals surface area contributed by atoms with Crippen molar-refractivity contribution < 1.29 is 18.3 Å². The molecule has 0 bridgehead atoms. The normalized spacial score (nSPS) is 15.8. The molecule has 30 heavy (non-hydrogen) atoms. The fourth-order valence-electron chi connectivity index (χ4n) is 3.94. The number of hydrogen-bond acceptors (Lipinski definition) is 5. The van der Waals surface area contributed by atoms with Crippen molar-refractivity contribution in [2.45, 2.75) is 12.5 Å². The van der Waals surface area contributed by atoms with Crippen LogP contribution in [0.3, 0.4) is 0 Å². The van der Waals surface area contributed by atoms with E-state index in [1.807, 2.05) is 19.0 Å². The molecule has 0 N–H and O–H groups in total. The van der Waals surface area contributed by atoms with E-state index in [0.29, 0.717) is 35.2 Å². The van der Waals surface area contributed by atoms with Gasteiger partial charge in [-0.3, -0.25) is 9.59 Å². The van der Waals surface area contributed by atoms with E-state index in [-0.39, 0.29) is 22.7 Å². The molecular weight excluding hydrogens is 387 g/mol. The Bertz CT molecular complexity index is 1170. The number of ether oxygens (including phenoxy) is 1. The summed E-state index contributed by atoms with van der Waals surface area (Å²) in [6.45, 7) is 1.19. The van der Waals surface area contributed by atoms with Gasteiger partial charge in [0.25, 0.3) is 5.91 Å². The fraction of sp³-hybridized carbons (Fsp3) is 0.304. The second-order valence-corrected chi connectivity index (χ2v) is 7.65. The predicted molar refractivity (Wildman–Crippen MR) is 111 cm³/mol. The number of fused-ring (bicyclic) bond motifs is 2. The molecule has 0 aliphatic carbocycles. The lowest BCUT2D eigenvalue weighted by Crippen LogP contribution is -2.32. The minimum atomic E-state index is -0.687. The third-order valence-corrected chi connectivity index (χ3v) is 5.34. The molecule has 0 spiro atoms. The predicted octanol–water partition coefficient (Wildman–Crippen LogP) is 3.44. The Morgan fingerprint density at radius 1 is 1.17 bits per heavy atom. The van der Waals surface area contributed by atoms with E-state index in [1.54, 1.807) is 35.2 Å². The molecule has 0 fully saturated rings. The van der Waals surface area contributed by atoms with Gasteiger partial charge in [-0.1, -0.05) is 12.1 Å².